The maximum absolute atomic E-state index is 13.5. The molecule has 1 aliphatic rings. The fourth-order valence-corrected chi connectivity index (χ4v) is 4.19. The van der Waals surface area contributed by atoms with Crippen molar-refractivity contribution in [3.05, 3.63) is 83.7 Å². The van der Waals surface area contributed by atoms with Gasteiger partial charge in [0.05, 0.1) is 31.7 Å². The number of amides is 1. The number of aromatic nitrogens is 2. The van der Waals surface area contributed by atoms with Gasteiger partial charge >= 0.3 is 0 Å². The van der Waals surface area contributed by atoms with Gasteiger partial charge in [-0.25, -0.2) is 9.37 Å². The van der Waals surface area contributed by atoms with E-state index in [0.717, 1.165) is 0 Å². The molecule has 0 spiro atoms. The number of aryl methyl sites for hydroxylation is 1. The molecule has 182 valence electrons. The Bertz CT molecular complexity index is 1240. The number of nitrogens with zero attached hydrogens (tertiary/aromatic N) is 3. The third-order valence-corrected chi connectivity index (χ3v) is 5.84. The highest BCUT2D eigenvalue weighted by Crippen LogP contribution is 2.42. The summed E-state index contributed by atoms with van der Waals surface area (Å²) < 4.78 is 26.4. The van der Waals surface area contributed by atoms with E-state index < -0.39 is 23.5 Å². The predicted octanol–water partition coefficient (Wildman–Crippen LogP) is 3.94. The van der Waals surface area contributed by atoms with Gasteiger partial charge in [0.1, 0.15) is 11.6 Å². The minimum atomic E-state index is -0.854. The van der Waals surface area contributed by atoms with Crippen molar-refractivity contribution in [1.29, 1.82) is 0 Å². The molecule has 1 fully saturated rings. The minimum Gasteiger partial charge on any atom is -0.507 e. The second-order valence-electron chi connectivity index (χ2n) is 8.00. The normalized spacial score (nSPS) is 17.1. The van der Waals surface area contributed by atoms with Gasteiger partial charge in [0.25, 0.3) is 11.7 Å². The van der Waals surface area contributed by atoms with Crippen LogP contribution in [0.4, 0.5) is 4.39 Å². The third kappa shape index (κ3) is 4.89. The zero-order chi connectivity index (χ0) is 24.9. The maximum atomic E-state index is 13.5. The lowest BCUT2D eigenvalue weighted by molar-refractivity contribution is -0.139. The number of aliphatic hydroxyl groups is 1. The van der Waals surface area contributed by atoms with Crippen molar-refractivity contribution in [2.45, 2.75) is 25.9 Å². The van der Waals surface area contributed by atoms with Crippen molar-refractivity contribution in [2.24, 2.45) is 0 Å². The Morgan fingerprint density at radius 1 is 1.11 bits per heavy atom. The number of Topliss-reactive ketones (excluding diaryl/α,β-unsaturated/α-hetero) is 1. The number of benzene rings is 2. The first-order valence-corrected chi connectivity index (χ1v) is 11.3. The lowest BCUT2D eigenvalue weighted by Crippen LogP contribution is -2.31. The number of rotatable bonds is 9. The Morgan fingerprint density at radius 3 is 2.54 bits per heavy atom. The third-order valence-electron chi connectivity index (χ3n) is 5.84. The number of carbonyl (C=O) groups is 2. The molecule has 35 heavy (non-hydrogen) atoms. The van der Waals surface area contributed by atoms with Gasteiger partial charge in [0, 0.05) is 31.0 Å². The van der Waals surface area contributed by atoms with E-state index in [4.69, 9.17) is 9.47 Å². The molecular formula is C26H26FN3O5. The van der Waals surface area contributed by atoms with Crippen LogP contribution in [0, 0.1) is 5.82 Å². The van der Waals surface area contributed by atoms with E-state index in [9.17, 15) is 19.1 Å². The van der Waals surface area contributed by atoms with Crippen LogP contribution in [0.5, 0.6) is 11.5 Å². The van der Waals surface area contributed by atoms with Crippen LogP contribution in [0.15, 0.2) is 66.8 Å². The summed E-state index contributed by atoms with van der Waals surface area (Å²) in [6.07, 6.45) is 5.72. The molecule has 1 aromatic heterocycles. The van der Waals surface area contributed by atoms with Crippen LogP contribution in [0.1, 0.15) is 30.5 Å². The van der Waals surface area contributed by atoms with Crippen molar-refractivity contribution >= 4 is 17.4 Å². The van der Waals surface area contributed by atoms with E-state index in [1.54, 1.807) is 30.7 Å². The topological polar surface area (TPSA) is 93.9 Å². The standard InChI is InChI=1S/C26H26FN3O5/c1-3-35-20-10-7-18(15-21(20)34-2)23-22(24(31)17-5-8-19(27)9-6-17)25(32)26(33)30(23)13-4-12-29-14-11-28-16-29/h5-11,14-16,23,31H,3-4,12-13H2,1-2H3/b24-22+/t23-/m0/s1. The first-order chi connectivity index (χ1) is 16.9. The van der Waals surface area contributed by atoms with Crippen molar-refractivity contribution in [1.82, 2.24) is 14.5 Å². The number of aliphatic hydroxyl groups excluding tert-OH is 1. The Morgan fingerprint density at radius 2 is 1.89 bits per heavy atom. The summed E-state index contributed by atoms with van der Waals surface area (Å²) in [6, 6.07) is 9.40. The number of methoxy groups -OCH3 is 1. The molecule has 4 rings (SSSR count). The van der Waals surface area contributed by atoms with Crippen LogP contribution in [0.3, 0.4) is 0 Å². The SMILES string of the molecule is CCOc1ccc([C@H]2/C(=C(\O)c3ccc(F)cc3)C(=O)C(=O)N2CCCn2ccnc2)cc1OC. The molecule has 2 aromatic carbocycles. The summed E-state index contributed by atoms with van der Waals surface area (Å²) in [5.41, 5.74) is 0.761. The van der Waals surface area contributed by atoms with Crippen molar-refractivity contribution in [3.8, 4) is 11.5 Å². The van der Waals surface area contributed by atoms with Crippen LogP contribution >= 0.6 is 0 Å². The molecule has 3 aromatic rings. The van der Waals surface area contributed by atoms with Crippen molar-refractivity contribution in [2.75, 3.05) is 20.3 Å². The largest absolute Gasteiger partial charge is 0.507 e. The Labute approximate surface area is 202 Å². The van der Waals surface area contributed by atoms with Gasteiger partial charge in [-0.1, -0.05) is 6.07 Å². The Hall–Kier alpha value is -4.14. The lowest BCUT2D eigenvalue weighted by Gasteiger charge is -2.26. The molecule has 8 nitrogen and oxygen atoms in total. The van der Waals surface area contributed by atoms with E-state index in [1.807, 2.05) is 17.7 Å². The molecule has 0 unspecified atom stereocenters. The number of ether oxygens (including phenoxy) is 2. The molecule has 0 radical (unpaired) electrons. The van der Waals surface area contributed by atoms with Gasteiger partial charge in [-0.3, -0.25) is 9.59 Å². The summed E-state index contributed by atoms with van der Waals surface area (Å²) in [7, 11) is 1.50. The molecule has 1 aliphatic heterocycles. The predicted molar refractivity (Wildman–Crippen MR) is 126 cm³/mol. The zero-order valence-electron chi connectivity index (χ0n) is 19.5. The summed E-state index contributed by atoms with van der Waals surface area (Å²) >= 11 is 0. The minimum absolute atomic E-state index is 0.0598. The van der Waals surface area contributed by atoms with Gasteiger partial charge in [0.15, 0.2) is 11.5 Å². The second kappa shape index (κ2) is 10.4. The number of hydrogen-bond acceptors (Lipinski definition) is 6. The highest BCUT2D eigenvalue weighted by molar-refractivity contribution is 6.46. The van der Waals surface area contributed by atoms with Crippen molar-refractivity contribution < 1.29 is 28.6 Å². The monoisotopic (exact) mass is 479 g/mol. The fraction of sp³-hybridized carbons (Fsp3) is 0.269. The Kier molecular flexibility index (Phi) is 7.14. The number of halogens is 1. The number of ketones is 1. The molecule has 9 heteroatoms. The highest BCUT2D eigenvalue weighted by Gasteiger charge is 2.46. The summed E-state index contributed by atoms with van der Waals surface area (Å²) in [6.45, 7) is 3.15. The first-order valence-electron chi connectivity index (χ1n) is 11.3. The van der Waals surface area contributed by atoms with E-state index in [1.165, 1.54) is 36.3 Å². The van der Waals surface area contributed by atoms with Crippen LogP contribution in [0.25, 0.3) is 5.76 Å². The van der Waals surface area contributed by atoms with Crippen molar-refractivity contribution in [3.63, 3.8) is 0 Å². The van der Waals surface area contributed by atoms with E-state index in [2.05, 4.69) is 4.98 Å². The summed E-state index contributed by atoms with van der Waals surface area (Å²) in [5, 5.41) is 11.1. The number of likely N-dealkylation sites (tertiary alicyclic amines) is 1. The zero-order valence-corrected chi connectivity index (χ0v) is 19.5. The van der Waals surface area contributed by atoms with Crippen LogP contribution in [0.2, 0.25) is 0 Å². The fourth-order valence-electron chi connectivity index (χ4n) is 4.19. The summed E-state index contributed by atoms with van der Waals surface area (Å²) in [5.74, 6) is -1.39. The molecule has 2 heterocycles. The Balaban J connectivity index is 1.77. The molecule has 1 amide bonds. The van der Waals surface area contributed by atoms with E-state index >= 15 is 0 Å². The molecular weight excluding hydrogens is 453 g/mol. The first kappa shape index (κ1) is 24.0. The van der Waals surface area contributed by atoms with Crippen LogP contribution in [-0.4, -0.2) is 51.5 Å². The van der Waals surface area contributed by atoms with E-state index in [-0.39, 0.29) is 23.4 Å². The molecule has 1 saturated heterocycles. The molecule has 1 atom stereocenters. The molecule has 0 aliphatic carbocycles. The quantitative estimate of drug-likeness (QED) is 0.284. The van der Waals surface area contributed by atoms with Crippen LogP contribution < -0.4 is 9.47 Å². The number of carbonyl (C=O) groups excluding carboxylic acids is 2. The van der Waals surface area contributed by atoms with Gasteiger partial charge in [0.2, 0.25) is 0 Å². The van der Waals surface area contributed by atoms with E-state index in [0.29, 0.717) is 36.6 Å². The van der Waals surface area contributed by atoms with Gasteiger partial charge in [-0.15, -0.1) is 0 Å². The number of imidazole rings is 1. The lowest BCUT2D eigenvalue weighted by atomic mass is 9.95. The second-order valence-corrected chi connectivity index (χ2v) is 8.00. The number of hydrogen-bond donors (Lipinski definition) is 1. The molecule has 0 bridgehead atoms. The smallest absolute Gasteiger partial charge is 0.295 e. The average Bonchev–Trinajstić information content (AvgIpc) is 3.47. The van der Waals surface area contributed by atoms with Gasteiger partial charge in [-0.05, 0) is 55.3 Å². The highest BCUT2D eigenvalue weighted by atomic mass is 19.1. The van der Waals surface area contributed by atoms with Crippen LogP contribution in [-0.2, 0) is 16.1 Å². The summed E-state index contributed by atoms with van der Waals surface area (Å²) in [4.78, 5) is 31.7. The average molecular weight is 480 g/mol. The van der Waals surface area contributed by atoms with Gasteiger partial charge in [-0.2, -0.15) is 0 Å². The van der Waals surface area contributed by atoms with Gasteiger partial charge < -0.3 is 24.0 Å². The molecule has 1 N–H and O–H groups in total. The molecule has 0 saturated carbocycles. The maximum Gasteiger partial charge on any atom is 0.295 e.